The molecule has 1 aliphatic carbocycles. The molecule has 1 aromatic rings. The zero-order chi connectivity index (χ0) is 8.77. The molecule has 0 bridgehead atoms. The summed E-state index contributed by atoms with van der Waals surface area (Å²) in [5, 5.41) is 7.45. The normalized spacial score (nSPS) is 19.1. The molecule has 64 valence electrons. The first-order chi connectivity index (χ1) is 5.65. The lowest BCUT2D eigenvalue weighted by atomic mass is 10.0. The summed E-state index contributed by atoms with van der Waals surface area (Å²) in [6, 6.07) is 3.84. The molecular weight excluding hydrogens is 192 g/mol. The fourth-order valence-electron chi connectivity index (χ4n) is 1.34. The summed E-state index contributed by atoms with van der Waals surface area (Å²) < 4.78 is 0.775. The van der Waals surface area contributed by atoms with Gasteiger partial charge in [-0.2, -0.15) is 0 Å². The number of nitrogens with two attached hydrogens (primary N) is 1. The minimum absolute atomic E-state index is 0.141. The summed E-state index contributed by atoms with van der Waals surface area (Å²) >= 11 is 7.34. The third kappa shape index (κ3) is 1.04. The summed E-state index contributed by atoms with van der Waals surface area (Å²) in [5.74, 6) is 0.279. The summed E-state index contributed by atoms with van der Waals surface area (Å²) in [6.45, 7) is 0. The molecule has 0 unspecified atom stereocenters. The summed E-state index contributed by atoms with van der Waals surface area (Å²) in [6.07, 6.45) is 2.00. The van der Waals surface area contributed by atoms with Gasteiger partial charge in [0.2, 0.25) is 0 Å². The second-order valence-corrected chi connectivity index (χ2v) is 4.81. The van der Waals surface area contributed by atoms with Gasteiger partial charge in [0.25, 0.3) is 0 Å². The molecule has 12 heavy (non-hydrogen) atoms. The van der Waals surface area contributed by atoms with E-state index in [0.717, 1.165) is 22.1 Å². The lowest BCUT2D eigenvalue weighted by Gasteiger charge is -2.09. The lowest BCUT2D eigenvalue weighted by Crippen LogP contribution is -2.26. The molecule has 1 heterocycles. The van der Waals surface area contributed by atoms with Crippen LogP contribution in [0.3, 0.4) is 0 Å². The molecule has 0 saturated heterocycles. The van der Waals surface area contributed by atoms with Crippen molar-refractivity contribution in [2.75, 3.05) is 0 Å². The van der Waals surface area contributed by atoms with Crippen LogP contribution < -0.4 is 5.73 Å². The van der Waals surface area contributed by atoms with Crippen LogP contribution >= 0.6 is 22.9 Å². The largest absolute Gasteiger partial charge is 0.387 e. The van der Waals surface area contributed by atoms with Gasteiger partial charge < -0.3 is 5.73 Å². The monoisotopic (exact) mass is 200 g/mol. The molecule has 1 aliphatic rings. The van der Waals surface area contributed by atoms with Crippen molar-refractivity contribution < 1.29 is 0 Å². The van der Waals surface area contributed by atoms with Gasteiger partial charge in [0, 0.05) is 4.88 Å². The van der Waals surface area contributed by atoms with E-state index in [4.69, 9.17) is 22.7 Å². The van der Waals surface area contributed by atoms with Crippen LogP contribution in [0.15, 0.2) is 12.1 Å². The number of amidine groups is 1. The van der Waals surface area contributed by atoms with Gasteiger partial charge in [0.1, 0.15) is 5.84 Å². The number of nitrogens with one attached hydrogen (secondary N) is 1. The van der Waals surface area contributed by atoms with E-state index in [9.17, 15) is 0 Å². The molecule has 0 amide bonds. The highest BCUT2D eigenvalue weighted by Gasteiger charge is 2.48. The fraction of sp³-hybridized carbons (Fsp3) is 0.375. The van der Waals surface area contributed by atoms with E-state index < -0.39 is 0 Å². The van der Waals surface area contributed by atoms with E-state index >= 15 is 0 Å². The standard InChI is InChI=1S/C8H9ClN2S/c9-6-2-1-5(12-6)8(3-4-8)7(10)11/h1-2H,3-4H2,(H3,10,11). The number of thiophene rings is 1. The fourth-order valence-corrected chi connectivity index (χ4v) is 2.65. The van der Waals surface area contributed by atoms with E-state index in [1.165, 1.54) is 11.3 Å². The van der Waals surface area contributed by atoms with Gasteiger partial charge in [-0.1, -0.05) is 11.6 Å². The lowest BCUT2D eigenvalue weighted by molar-refractivity contribution is 0.950. The van der Waals surface area contributed by atoms with Crippen LogP contribution in [-0.2, 0) is 5.41 Å². The Balaban J connectivity index is 2.36. The molecule has 0 radical (unpaired) electrons. The van der Waals surface area contributed by atoms with E-state index in [1.54, 1.807) is 0 Å². The number of hydrogen-bond acceptors (Lipinski definition) is 2. The number of rotatable bonds is 2. The van der Waals surface area contributed by atoms with Gasteiger partial charge in [-0.05, 0) is 25.0 Å². The predicted octanol–water partition coefficient (Wildman–Crippen LogP) is 2.37. The molecule has 1 aromatic heterocycles. The minimum Gasteiger partial charge on any atom is -0.387 e. The molecule has 0 aliphatic heterocycles. The van der Waals surface area contributed by atoms with Gasteiger partial charge >= 0.3 is 0 Å². The molecule has 4 heteroatoms. The topological polar surface area (TPSA) is 49.9 Å². The average Bonchev–Trinajstić information content (AvgIpc) is 2.71. The molecule has 0 atom stereocenters. The van der Waals surface area contributed by atoms with Crippen molar-refractivity contribution >= 4 is 28.8 Å². The van der Waals surface area contributed by atoms with Crippen molar-refractivity contribution in [3.63, 3.8) is 0 Å². The highest BCUT2D eigenvalue weighted by Crippen LogP contribution is 2.50. The molecule has 3 N–H and O–H groups in total. The Labute approximate surface area is 79.9 Å². The van der Waals surface area contributed by atoms with Gasteiger partial charge in [0.15, 0.2) is 0 Å². The number of hydrogen-bond donors (Lipinski definition) is 2. The maximum absolute atomic E-state index is 7.45. The number of halogens is 1. The summed E-state index contributed by atoms with van der Waals surface area (Å²) in [4.78, 5) is 1.14. The maximum Gasteiger partial charge on any atom is 0.102 e. The summed E-state index contributed by atoms with van der Waals surface area (Å²) in [5.41, 5.74) is 5.38. The first-order valence-corrected chi connectivity index (χ1v) is 4.95. The van der Waals surface area contributed by atoms with Crippen molar-refractivity contribution in [2.24, 2.45) is 5.73 Å². The Hall–Kier alpha value is -0.540. The third-order valence-corrected chi connectivity index (χ3v) is 3.75. The Morgan fingerprint density at radius 2 is 2.25 bits per heavy atom. The zero-order valence-electron chi connectivity index (χ0n) is 6.43. The van der Waals surface area contributed by atoms with Crippen molar-refractivity contribution in [3.05, 3.63) is 21.3 Å². The molecule has 1 fully saturated rings. The minimum atomic E-state index is -0.141. The van der Waals surface area contributed by atoms with Crippen molar-refractivity contribution in [1.29, 1.82) is 5.41 Å². The quantitative estimate of drug-likeness (QED) is 0.559. The maximum atomic E-state index is 7.45. The average molecular weight is 201 g/mol. The Morgan fingerprint density at radius 3 is 2.58 bits per heavy atom. The zero-order valence-corrected chi connectivity index (χ0v) is 8.00. The van der Waals surface area contributed by atoms with E-state index in [2.05, 4.69) is 0 Å². The van der Waals surface area contributed by atoms with Crippen LogP contribution in [0.1, 0.15) is 17.7 Å². The highest BCUT2D eigenvalue weighted by molar-refractivity contribution is 7.16. The van der Waals surface area contributed by atoms with Crippen LogP contribution in [0.4, 0.5) is 0 Å². The first kappa shape index (κ1) is 8.08. The smallest absolute Gasteiger partial charge is 0.102 e. The van der Waals surface area contributed by atoms with Gasteiger partial charge in [0.05, 0.1) is 9.75 Å². The molecular formula is C8H9ClN2S. The molecule has 0 aromatic carbocycles. The summed E-state index contributed by atoms with van der Waals surface area (Å²) in [7, 11) is 0. The Bertz CT molecular complexity index is 328. The second kappa shape index (κ2) is 2.47. The molecule has 1 saturated carbocycles. The van der Waals surface area contributed by atoms with Gasteiger partial charge in [-0.25, -0.2) is 0 Å². The molecule has 2 rings (SSSR count). The van der Waals surface area contributed by atoms with Crippen molar-refractivity contribution in [3.8, 4) is 0 Å². The Kier molecular flexibility index (Phi) is 1.66. The van der Waals surface area contributed by atoms with E-state index in [0.29, 0.717) is 0 Å². The van der Waals surface area contributed by atoms with Crippen molar-refractivity contribution in [2.45, 2.75) is 18.3 Å². The molecule has 2 nitrogen and oxygen atoms in total. The van der Waals surface area contributed by atoms with Crippen LogP contribution in [-0.4, -0.2) is 5.84 Å². The molecule has 0 spiro atoms. The third-order valence-electron chi connectivity index (χ3n) is 2.31. The second-order valence-electron chi connectivity index (χ2n) is 3.10. The van der Waals surface area contributed by atoms with Crippen LogP contribution in [0.25, 0.3) is 0 Å². The van der Waals surface area contributed by atoms with Crippen LogP contribution in [0, 0.1) is 5.41 Å². The van der Waals surface area contributed by atoms with E-state index in [-0.39, 0.29) is 11.3 Å². The highest BCUT2D eigenvalue weighted by atomic mass is 35.5. The van der Waals surface area contributed by atoms with Crippen LogP contribution in [0.5, 0.6) is 0 Å². The Morgan fingerprint density at radius 1 is 1.58 bits per heavy atom. The SMILES string of the molecule is N=C(N)C1(c2ccc(Cl)s2)CC1. The predicted molar refractivity (Wildman–Crippen MR) is 52.2 cm³/mol. The van der Waals surface area contributed by atoms with Gasteiger partial charge in [-0.15, -0.1) is 11.3 Å². The first-order valence-electron chi connectivity index (χ1n) is 3.75. The van der Waals surface area contributed by atoms with Gasteiger partial charge in [-0.3, -0.25) is 5.41 Å². The van der Waals surface area contributed by atoms with E-state index in [1.807, 2.05) is 12.1 Å². The van der Waals surface area contributed by atoms with Crippen LogP contribution in [0.2, 0.25) is 4.34 Å². The van der Waals surface area contributed by atoms with Crippen molar-refractivity contribution in [1.82, 2.24) is 0 Å².